The molecule has 0 fully saturated rings. The zero-order chi connectivity index (χ0) is 12.1. The molecule has 0 aliphatic carbocycles. The van der Waals surface area contributed by atoms with Crippen molar-refractivity contribution in [2.45, 2.75) is 20.8 Å². The Bertz CT molecular complexity index is 388. The lowest BCUT2D eigenvalue weighted by atomic mass is 10.1. The minimum Gasteiger partial charge on any atom is -0.491 e. The molecular formula is C12H15FO3. The van der Waals surface area contributed by atoms with Gasteiger partial charge in [0.2, 0.25) is 0 Å². The van der Waals surface area contributed by atoms with Crippen molar-refractivity contribution in [3.05, 3.63) is 29.1 Å². The molecular weight excluding hydrogens is 211 g/mol. The highest BCUT2D eigenvalue weighted by Crippen LogP contribution is 2.22. The van der Waals surface area contributed by atoms with E-state index >= 15 is 0 Å². The van der Waals surface area contributed by atoms with Gasteiger partial charge in [0.25, 0.3) is 0 Å². The molecule has 0 aromatic heterocycles. The fourth-order valence-corrected chi connectivity index (χ4v) is 1.35. The van der Waals surface area contributed by atoms with E-state index in [2.05, 4.69) is 0 Å². The molecule has 4 heteroatoms. The molecule has 0 atom stereocenters. The Morgan fingerprint density at radius 3 is 2.56 bits per heavy atom. The molecule has 0 N–H and O–H groups in total. The Labute approximate surface area is 94.2 Å². The van der Waals surface area contributed by atoms with Gasteiger partial charge in [0.1, 0.15) is 0 Å². The lowest BCUT2D eigenvalue weighted by molar-refractivity contribution is 0.0525. The number of hydrogen-bond donors (Lipinski definition) is 0. The highest BCUT2D eigenvalue weighted by atomic mass is 19.1. The number of hydrogen-bond acceptors (Lipinski definition) is 3. The van der Waals surface area contributed by atoms with Gasteiger partial charge < -0.3 is 9.47 Å². The third-order valence-corrected chi connectivity index (χ3v) is 2.07. The number of aryl methyl sites for hydroxylation is 1. The van der Waals surface area contributed by atoms with Crippen molar-refractivity contribution in [2.75, 3.05) is 13.2 Å². The van der Waals surface area contributed by atoms with Crippen LogP contribution >= 0.6 is 0 Å². The van der Waals surface area contributed by atoms with Crippen molar-refractivity contribution < 1.29 is 18.7 Å². The topological polar surface area (TPSA) is 35.5 Å². The van der Waals surface area contributed by atoms with Crippen LogP contribution in [0.15, 0.2) is 12.1 Å². The summed E-state index contributed by atoms with van der Waals surface area (Å²) >= 11 is 0. The van der Waals surface area contributed by atoms with E-state index in [0.717, 1.165) is 6.07 Å². The van der Waals surface area contributed by atoms with Crippen LogP contribution in [0, 0.1) is 12.7 Å². The summed E-state index contributed by atoms with van der Waals surface area (Å²) in [6.07, 6.45) is 0. The lowest BCUT2D eigenvalue weighted by Crippen LogP contribution is -2.08. The quantitative estimate of drug-likeness (QED) is 0.740. The second-order valence-electron chi connectivity index (χ2n) is 3.25. The van der Waals surface area contributed by atoms with Crippen LogP contribution < -0.4 is 4.74 Å². The molecule has 0 aliphatic heterocycles. The summed E-state index contributed by atoms with van der Waals surface area (Å²) in [6.45, 7) is 5.85. The fraction of sp³-hybridized carbons (Fsp3) is 0.417. The zero-order valence-corrected chi connectivity index (χ0v) is 9.67. The van der Waals surface area contributed by atoms with Crippen LogP contribution in [0.5, 0.6) is 5.75 Å². The maximum absolute atomic E-state index is 13.5. The summed E-state index contributed by atoms with van der Waals surface area (Å²) < 4.78 is 23.4. The standard InChI is InChI=1S/C12H15FO3/c1-4-15-11-6-8(3)9(7-10(11)13)12(14)16-5-2/h6-7H,4-5H2,1-3H3. The average Bonchev–Trinajstić information content (AvgIpc) is 2.23. The highest BCUT2D eigenvalue weighted by molar-refractivity contribution is 5.91. The molecule has 1 aromatic carbocycles. The number of esters is 1. The van der Waals surface area contributed by atoms with Crippen molar-refractivity contribution >= 4 is 5.97 Å². The Balaban J connectivity index is 3.05. The van der Waals surface area contributed by atoms with E-state index in [9.17, 15) is 9.18 Å². The fourth-order valence-electron chi connectivity index (χ4n) is 1.35. The first-order chi connectivity index (χ1) is 7.60. The largest absolute Gasteiger partial charge is 0.491 e. The molecule has 0 spiro atoms. The summed E-state index contributed by atoms with van der Waals surface area (Å²) in [6, 6.07) is 2.66. The molecule has 0 saturated carbocycles. The molecule has 88 valence electrons. The van der Waals surface area contributed by atoms with Crippen molar-refractivity contribution in [1.82, 2.24) is 0 Å². The van der Waals surface area contributed by atoms with Crippen molar-refractivity contribution in [3.63, 3.8) is 0 Å². The van der Waals surface area contributed by atoms with E-state index in [-0.39, 0.29) is 17.9 Å². The molecule has 1 aromatic rings. The van der Waals surface area contributed by atoms with Gasteiger partial charge in [0.05, 0.1) is 18.8 Å². The predicted octanol–water partition coefficient (Wildman–Crippen LogP) is 2.71. The first-order valence-electron chi connectivity index (χ1n) is 5.20. The van der Waals surface area contributed by atoms with Crippen LogP contribution in [0.25, 0.3) is 0 Å². The summed E-state index contributed by atoms with van der Waals surface area (Å²) in [4.78, 5) is 11.5. The first-order valence-corrected chi connectivity index (χ1v) is 5.20. The van der Waals surface area contributed by atoms with Gasteiger partial charge in [-0.3, -0.25) is 0 Å². The number of benzene rings is 1. The highest BCUT2D eigenvalue weighted by Gasteiger charge is 2.14. The van der Waals surface area contributed by atoms with Gasteiger partial charge in [-0.15, -0.1) is 0 Å². The molecule has 0 amide bonds. The van der Waals surface area contributed by atoms with Crippen LogP contribution in [0.1, 0.15) is 29.8 Å². The van der Waals surface area contributed by atoms with E-state index in [1.165, 1.54) is 6.07 Å². The summed E-state index contributed by atoms with van der Waals surface area (Å²) in [5, 5.41) is 0. The monoisotopic (exact) mass is 226 g/mol. The van der Waals surface area contributed by atoms with Gasteiger partial charge in [-0.2, -0.15) is 0 Å². The SMILES string of the molecule is CCOC(=O)c1cc(F)c(OCC)cc1C. The van der Waals surface area contributed by atoms with Gasteiger partial charge in [0.15, 0.2) is 11.6 Å². The minimum atomic E-state index is -0.546. The van der Waals surface area contributed by atoms with E-state index in [4.69, 9.17) is 9.47 Å². The van der Waals surface area contributed by atoms with Crippen molar-refractivity contribution in [3.8, 4) is 5.75 Å². The van der Waals surface area contributed by atoms with Gasteiger partial charge >= 0.3 is 5.97 Å². The second-order valence-corrected chi connectivity index (χ2v) is 3.25. The number of halogens is 1. The molecule has 0 unspecified atom stereocenters. The molecule has 16 heavy (non-hydrogen) atoms. The first kappa shape index (κ1) is 12.5. The smallest absolute Gasteiger partial charge is 0.338 e. The lowest BCUT2D eigenvalue weighted by Gasteiger charge is -2.09. The second kappa shape index (κ2) is 5.49. The minimum absolute atomic E-state index is 0.160. The van der Waals surface area contributed by atoms with Crippen LogP contribution in [0.4, 0.5) is 4.39 Å². The van der Waals surface area contributed by atoms with E-state index in [1.54, 1.807) is 20.8 Å². The number of ether oxygens (including phenoxy) is 2. The normalized spacial score (nSPS) is 10.0. The van der Waals surface area contributed by atoms with Gasteiger partial charge in [-0.05, 0) is 38.5 Å². The summed E-state index contributed by atoms with van der Waals surface area (Å²) in [5.41, 5.74) is 0.881. The zero-order valence-electron chi connectivity index (χ0n) is 9.67. The third kappa shape index (κ3) is 2.72. The molecule has 0 aliphatic rings. The maximum atomic E-state index is 13.5. The summed E-state index contributed by atoms with van der Waals surface area (Å²) in [7, 11) is 0. The van der Waals surface area contributed by atoms with E-state index < -0.39 is 11.8 Å². The number of rotatable bonds is 4. The Morgan fingerprint density at radius 2 is 2.00 bits per heavy atom. The van der Waals surface area contributed by atoms with Gasteiger partial charge in [0, 0.05) is 0 Å². The molecule has 0 bridgehead atoms. The maximum Gasteiger partial charge on any atom is 0.338 e. The molecule has 0 heterocycles. The van der Waals surface area contributed by atoms with Gasteiger partial charge in [-0.25, -0.2) is 9.18 Å². The molecule has 0 radical (unpaired) electrons. The molecule has 3 nitrogen and oxygen atoms in total. The van der Waals surface area contributed by atoms with E-state index in [1.807, 2.05) is 0 Å². The van der Waals surface area contributed by atoms with Crippen molar-refractivity contribution in [1.29, 1.82) is 0 Å². The Hall–Kier alpha value is -1.58. The van der Waals surface area contributed by atoms with Crippen LogP contribution in [0.3, 0.4) is 0 Å². The summed E-state index contributed by atoms with van der Waals surface area (Å²) in [5.74, 6) is -0.898. The Kier molecular flexibility index (Phi) is 4.28. The van der Waals surface area contributed by atoms with Crippen molar-refractivity contribution in [2.24, 2.45) is 0 Å². The average molecular weight is 226 g/mol. The predicted molar refractivity (Wildman–Crippen MR) is 58.3 cm³/mol. The number of carbonyl (C=O) groups excluding carboxylic acids is 1. The molecule has 0 saturated heterocycles. The van der Waals surface area contributed by atoms with Gasteiger partial charge in [-0.1, -0.05) is 0 Å². The third-order valence-electron chi connectivity index (χ3n) is 2.07. The van der Waals surface area contributed by atoms with Crippen LogP contribution in [0.2, 0.25) is 0 Å². The van der Waals surface area contributed by atoms with Crippen LogP contribution in [-0.4, -0.2) is 19.2 Å². The molecule has 1 rings (SSSR count). The Morgan fingerprint density at radius 1 is 1.31 bits per heavy atom. The van der Waals surface area contributed by atoms with E-state index in [0.29, 0.717) is 12.2 Å². The number of carbonyl (C=O) groups is 1. The van der Waals surface area contributed by atoms with Crippen LogP contribution in [-0.2, 0) is 4.74 Å².